The predicted octanol–water partition coefficient (Wildman–Crippen LogP) is 4.76. The molecule has 0 atom stereocenters. The van der Waals surface area contributed by atoms with Crippen molar-refractivity contribution >= 4 is 24.2 Å². The minimum Gasteiger partial charge on any atom is -0.324 e. The Kier molecular flexibility index (Phi) is 8.30. The third kappa shape index (κ3) is 5.86. The Morgan fingerprint density at radius 3 is 2.35 bits per heavy atom. The number of likely N-dealkylation sites (tertiary alicyclic amines) is 1. The van der Waals surface area contributed by atoms with Crippen molar-refractivity contribution in [1.82, 2.24) is 24.0 Å². The van der Waals surface area contributed by atoms with E-state index in [2.05, 4.69) is 53.1 Å². The Balaban J connectivity index is 1.76. The van der Waals surface area contributed by atoms with E-state index in [-0.39, 0.29) is 23.1 Å². The van der Waals surface area contributed by atoms with Crippen LogP contribution in [0.25, 0.3) is 5.82 Å². The van der Waals surface area contributed by atoms with Gasteiger partial charge in [0.25, 0.3) is 11.1 Å². The van der Waals surface area contributed by atoms with Crippen LogP contribution < -0.4 is 16.4 Å². The largest absolute Gasteiger partial charge is 0.324 e. The molecule has 0 unspecified atom stereocenters. The van der Waals surface area contributed by atoms with Gasteiger partial charge in [-0.3, -0.25) is 9.59 Å². The molecule has 10 nitrogen and oxygen atoms in total. The molecule has 0 saturated carbocycles. The first kappa shape index (κ1) is 29.2. The minimum absolute atomic E-state index is 0.185. The van der Waals surface area contributed by atoms with Crippen LogP contribution in [0.3, 0.4) is 0 Å². The lowest BCUT2D eigenvalue weighted by Crippen LogP contribution is -2.36. The zero-order chi connectivity index (χ0) is 29.4. The molecule has 0 radical (unpaired) electrons. The number of guanidine groups is 1. The van der Waals surface area contributed by atoms with E-state index >= 15 is 0 Å². The summed E-state index contributed by atoms with van der Waals surface area (Å²) in [7, 11) is 2.17. The zero-order valence-corrected chi connectivity index (χ0v) is 25.0. The van der Waals surface area contributed by atoms with Gasteiger partial charge >= 0.3 is 0 Å². The van der Waals surface area contributed by atoms with Gasteiger partial charge in [0.1, 0.15) is 0 Å². The molecule has 0 aliphatic carbocycles. The van der Waals surface area contributed by atoms with Crippen LogP contribution >= 0.6 is 0 Å². The van der Waals surface area contributed by atoms with E-state index in [0.717, 1.165) is 31.6 Å². The molecule has 40 heavy (non-hydrogen) atoms. The summed E-state index contributed by atoms with van der Waals surface area (Å²) in [6, 6.07) is 9.22. The van der Waals surface area contributed by atoms with Gasteiger partial charge in [0.05, 0.1) is 11.1 Å². The van der Waals surface area contributed by atoms with E-state index in [0.29, 0.717) is 23.1 Å². The summed E-state index contributed by atoms with van der Waals surface area (Å²) in [5, 5.41) is 7.90. The summed E-state index contributed by atoms with van der Waals surface area (Å²) in [5.74, 6) is 1.61. The number of hydrogen-bond donors (Lipinski definition) is 1. The zero-order valence-electron chi connectivity index (χ0n) is 25.0. The highest BCUT2D eigenvalue weighted by atomic mass is 16.1. The fourth-order valence-electron chi connectivity index (χ4n) is 5.29. The van der Waals surface area contributed by atoms with Gasteiger partial charge in [0, 0.05) is 17.8 Å². The number of nitrogens with zero attached hydrogens (tertiary/aromatic N) is 7. The highest BCUT2D eigenvalue weighted by Gasteiger charge is 2.24. The SMILES string of the molecule is C=NC(=Nc1c(C)c(=O)n(C(C)C)n1-c1ccc(=O)n(C(C)(C)C)n1)Nc1ccc(C2CCN(C)CC2)c(C)c1. The monoisotopic (exact) mass is 546 g/mol. The van der Waals surface area contributed by atoms with Crippen molar-refractivity contribution in [2.45, 2.75) is 78.8 Å². The molecule has 3 heterocycles. The second-order valence-corrected chi connectivity index (χ2v) is 12.0. The quantitative estimate of drug-likeness (QED) is 0.367. The second-order valence-electron chi connectivity index (χ2n) is 12.0. The van der Waals surface area contributed by atoms with Crippen molar-refractivity contribution in [3.8, 4) is 5.82 Å². The number of piperidine rings is 1. The van der Waals surface area contributed by atoms with Crippen LogP contribution in [0.1, 0.15) is 76.1 Å². The van der Waals surface area contributed by atoms with Crippen LogP contribution in [-0.4, -0.2) is 56.9 Å². The average Bonchev–Trinajstić information content (AvgIpc) is 3.14. The van der Waals surface area contributed by atoms with E-state index < -0.39 is 5.54 Å². The molecular formula is C30H42N8O2. The predicted molar refractivity (Wildman–Crippen MR) is 163 cm³/mol. The molecule has 1 N–H and O–H groups in total. The lowest BCUT2D eigenvalue weighted by Gasteiger charge is -2.30. The van der Waals surface area contributed by atoms with E-state index in [1.807, 2.05) is 40.7 Å². The van der Waals surface area contributed by atoms with Crippen LogP contribution in [-0.2, 0) is 5.54 Å². The Labute approximate surface area is 236 Å². The smallest absolute Gasteiger partial charge is 0.272 e. The van der Waals surface area contributed by atoms with Gasteiger partial charge in [-0.1, -0.05) is 6.07 Å². The van der Waals surface area contributed by atoms with Crippen LogP contribution in [0.5, 0.6) is 0 Å². The molecular weight excluding hydrogens is 504 g/mol. The lowest BCUT2D eigenvalue weighted by atomic mass is 9.87. The Morgan fingerprint density at radius 1 is 1.10 bits per heavy atom. The lowest BCUT2D eigenvalue weighted by molar-refractivity contribution is 0.255. The first-order chi connectivity index (χ1) is 18.8. The number of hydrogen-bond acceptors (Lipinski definition) is 5. The van der Waals surface area contributed by atoms with Gasteiger partial charge in [-0.05, 0) is 123 Å². The Hall–Kier alpha value is -3.79. The molecule has 3 aromatic rings. The van der Waals surface area contributed by atoms with Gasteiger partial charge in [0.15, 0.2) is 11.6 Å². The van der Waals surface area contributed by atoms with Crippen molar-refractivity contribution in [1.29, 1.82) is 0 Å². The summed E-state index contributed by atoms with van der Waals surface area (Å²) >= 11 is 0. The fourth-order valence-corrected chi connectivity index (χ4v) is 5.29. The fraction of sp³-hybridized carbons (Fsp3) is 0.500. The summed E-state index contributed by atoms with van der Waals surface area (Å²) in [6.45, 7) is 19.4. The molecule has 1 aromatic carbocycles. The molecule has 0 spiro atoms. The number of benzene rings is 1. The number of nitrogens with one attached hydrogen (secondary N) is 1. The van der Waals surface area contributed by atoms with E-state index in [1.54, 1.807) is 22.4 Å². The van der Waals surface area contributed by atoms with Gasteiger partial charge in [0.2, 0.25) is 5.96 Å². The first-order valence-corrected chi connectivity index (χ1v) is 13.9. The number of rotatable bonds is 5. The summed E-state index contributed by atoms with van der Waals surface area (Å²) < 4.78 is 4.67. The maximum absolute atomic E-state index is 13.4. The highest BCUT2D eigenvalue weighted by molar-refractivity contribution is 5.98. The van der Waals surface area contributed by atoms with E-state index in [4.69, 9.17) is 4.99 Å². The van der Waals surface area contributed by atoms with Crippen LogP contribution in [0.15, 0.2) is 49.9 Å². The Morgan fingerprint density at radius 2 is 1.77 bits per heavy atom. The van der Waals surface area contributed by atoms with Gasteiger partial charge < -0.3 is 10.2 Å². The molecule has 1 aliphatic rings. The molecule has 1 saturated heterocycles. The van der Waals surface area contributed by atoms with Crippen LogP contribution in [0, 0.1) is 13.8 Å². The molecule has 4 rings (SSSR count). The maximum atomic E-state index is 13.4. The topological polar surface area (TPSA) is 102 Å². The van der Waals surface area contributed by atoms with Crippen LogP contribution in [0.2, 0.25) is 0 Å². The minimum atomic E-state index is -0.547. The molecule has 10 heteroatoms. The van der Waals surface area contributed by atoms with Crippen molar-refractivity contribution in [3.63, 3.8) is 0 Å². The van der Waals surface area contributed by atoms with E-state index in [1.165, 1.54) is 21.9 Å². The first-order valence-electron chi connectivity index (χ1n) is 13.9. The van der Waals surface area contributed by atoms with Gasteiger partial charge in [-0.15, -0.1) is 5.10 Å². The normalized spacial score (nSPS) is 15.6. The molecule has 0 amide bonds. The molecule has 214 valence electrons. The van der Waals surface area contributed by atoms with Gasteiger partial charge in [-0.2, -0.15) is 4.99 Å². The van der Waals surface area contributed by atoms with Gasteiger partial charge in [-0.25, -0.2) is 19.0 Å². The third-order valence-electron chi connectivity index (χ3n) is 7.45. The standard InChI is InChI=1S/C30H42N8O2/c1-19(2)36-28(40)21(4)27(37(36)25-12-13-26(39)38(34-25)30(5,6)7)33-29(31-8)32-23-10-11-24(20(3)18-23)22-14-16-35(9)17-15-22/h10-13,18-19,22H,8,14-17H2,1-7,9H3,(H,32,33). The summed E-state index contributed by atoms with van der Waals surface area (Å²) in [4.78, 5) is 37.2. The van der Waals surface area contributed by atoms with Crippen molar-refractivity contribution in [2.75, 3.05) is 25.5 Å². The number of aryl methyl sites for hydroxylation is 1. The van der Waals surface area contributed by atoms with Crippen molar-refractivity contribution in [2.24, 2.45) is 9.98 Å². The number of anilines is 1. The molecule has 0 bridgehead atoms. The third-order valence-corrected chi connectivity index (χ3v) is 7.45. The second kappa shape index (κ2) is 11.4. The van der Waals surface area contributed by atoms with Crippen LogP contribution in [0.4, 0.5) is 11.5 Å². The van der Waals surface area contributed by atoms with Crippen molar-refractivity contribution in [3.05, 3.63) is 67.7 Å². The molecule has 2 aromatic heterocycles. The molecule has 1 aliphatic heterocycles. The Bertz CT molecular complexity index is 1540. The maximum Gasteiger partial charge on any atom is 0.272 e. The average molecular weight is 547 g/mol. The van der Waals surface area contributed by atoms with E-state index in [9.17, 15) is 9.59 Å². The van der Waals surface area contributed by atoms with Crippen molar-refractivity contribution < 1.29 is 0 Å². The summed E-state index contributed by atoms with van der Waals surface area (Å²) in [5.41, 5.74) is 2.92. The number of aliphatic imine (C=N–C) groups is 2. The number of aromatic nitrogens is 4. The molecule has 1 fully saturated rings. The summed E-state index contributed by atoms with van der Waals surface area (Å²) in [6.07, 6.45) is 2.32. The highest BCUT2D eigenvalue weighted by Crippen LogP contribution is 2.31.